The van der Waals surface area contributed by atoms with Crippen molar-refractivity contribution in [2.45, 2.75) is 12.8 Å². The number of carbonyl (C=O) groups excluding carboxylic acids is 1. The molecule has 0 saturated heterocycles. The fourth-order valence-electron chi connectivity index (χ4n) is 3.62. The third kappa shape index (κ3) is 5.49. The Bertz CT molecular complexity index is 1340. The maximum atomic E-state index is 12.6. The van der Waals surface area contributed by atoms with E-state index in [1.165, 1.54) is 0 Å². The standard InChI is InChI=1S/C24H23BCl3N5O/c1-32(23(34)12-15-7-8-19(27)20(28)11-15)10-4-9-29-22-13-21(16-5-2-3-6-18(16)26)31-24-17(25)14-30-33(22)24/h2-3,5-8,11,13-14,29H,4,9-10,12,25H2,1H3. The van der Waals surface area contributed by atoms with Crippen molar-refractivity contribution >= 4 is 65.5 Å². The molecule has 0 aliphatic carbocycles. The van der Waals surface area contributed by atoms with Crippen molar-refractivity contribution in [1.29, 1.82) is 0 Å². The molecular formula is C24H23BCl3N5O. The Balaban J connectivity index is 1.40. The van der Waals surface area contributed by atoms with Crippen LogP contribution in [0.15, 0.2) is 54.7 Å². The maximum absolute atomic E-state index is 12.6. The lowest BCUT2D eigenvalue weighted by Gasteiger charge is -2.18. The number of carbonyl (C=O) groups is 1. The van der Waals surface area contributed by atoms with Gasteiger partial charge < -0.3 is 10.2 Å². The molecule has 174 valence electrons. The number of hydrogen-bond donors (Lipinski definition) is 1. The largest absolute Gasteiger partial charge is 0.370 e. The van der Waals surface area contributed by atoms with E-state index in [9.17, 15) is 4.79 Å². The summed E-state index contributed by atoms with van der Waals surface area (Å²) in [5.41, 5.74) is 4.23. The van der Waals surface area contributed by atoms with Gasteiger partial charge in [-0.1, -0.05) is 59.1 Å². The van der Waals surface area contributed by atoms with Crippen LogP contribution in [-0.2, 0) is 11.2 Å². The quantitative estimate of drug-likeness (QED) is 0.284. The van der Waals surface area contributed by atoms with Gasteiger partial charge in [-0.15, -0.1) is 0 Å². The van der Waals surface area contributed by atoms with Crippen molar-refractivity contribution in [3.05, 3.63) is 75.4 Å². The summed E-state index contributed by atoms with van der Waals surface area (Å²) in [6.45, 7) is 1.27. The van der Waals surface area contributed by atoms with Crippen LogP contribution in [-0.4, -0.2) is 53.4 Å². The third-order valence-electron chi connectivity index (χ3n) is 5.54. The van der Waals surface area contributed by atoms with Gasteiger partial charge in [-0.2, -0.15) is 9.61 Å². The molecule has 0 aliphatic heterocycles. The van der Waals surface area contributed by atoms with Crippen LogP contribution >= 0.6 is 34.8 Å². The molecule has 4 rings (SSSR count). The minimum absolute atomic E-state index is 0.0217. The number of likely N-dealkylation sites (N-methyl/N-ethyl adjacent to an activating group) is 1. The molecule has 0 unspecified atom stereocenters. The van der Waals surface area contributed by atoms with E-state index in [2.05, 4.69) is 10.4 Å². The van der Waals surface area contributed by atoms with Gasteiger partial charge in [0.25, 0.3) is 0 Å². The Hall–Kier alpha value is -2.74. The minimum atomic E-state index is 0.0217. The van der Waals surface area contributed by atoms with Crippen LogP contribution in [0.4, 0.5) is 5.82 Å². The number of halogens is 3. The average Bonchev–Trinajstić information content (AvgIpc) is 3.20. The van der Waals surface area contributed by atoms with Crippen molar-refractivity contribution < 1.29 is 4.79 Å². The van der Waals surface area contributed by atoms with Crippen molar-refractivity contribution in [1.82, 2.24) is 19.5 Å². The molecule has 2 aromatic carbocycles. The first-order valence-corrected chi connectivity index (χ1v) is 12.0. The number of aromatic nitrogens is 3. The van der Waals surface area contributed by atoms with E-state index in [4.69, 9.17) is 39.8 Å². The molecule has 4 aromatic rings. The Labute approximate surface area is 214 Å². The molecule has 0 saturated carbocycles. The lowest BCUT2D eigenvalue weighted by atomic mass is 10.0. The minimum Gasteiger partial charge on any atom is -0.370 e. The zero-order valence-electron chi connectivity index (χ0n) is 18.9. The third-order valence-corrected chi connectivity index (χ3v) is 6.61. The molecule has 1 amide bonds. The molecule has 6 nitrogen and oxygen atoms in total. The summed E-state index contributed by atoms with van der Waals surface area (Å²) in [5.74, 6) is 0.839. The Morgan fingerprint density at radius 1 is 1.09 bits per heavy atom. The lowest BCUT2D eigenvalue weighted by molar-refractivity contribution is -0.129. The molecule has 0 bridgehead atoms. The average molecular weight is 515 g/mol. The van der Waals surface area contributed by atoms with E-state index in [0.29, 0.717) is 28.2 Å². The molecule has 0 radical (unpaired) electrons. The van der Waals surface area contributed by atoms with Gasteiger partial charge in [-0.25, -0.2) is 4.98 Å². The SMILES string of the molecule is Bc1cnn2c(NCCCN(C)C(=O)Cc3ccc(Cl)c(Cl)c3)cc(-c3ccccc3Cl)nc12. The number of nitrogens with one attached hydrogen (secondary N) is 1. The number of fused-ring (bicyclic) bond motifs is 1. The van der Waals surface area contributed by atoms with Gasteiger partial charge in [0.15, 0.2) is 5.65 Å². The van der Waals surface area contributed by atoms with Gasteiger partial charge in [0.2, 0.25) is 5.91 Å². The molecule has 0 atom stereocenters. The monoisotopic (exact) mass is 513 g/mol. The van der Waals surface area contributed by atoms with Crippen LogP contribution < -0.4 is 10.8 Å². The summed E-state index contributed by atoms with van der Waals surface area (Å²) in [4.78, 5) is 19.1. The van der Waals surface area contributed by atoms with E-state index in [1.807, 2.05) is 44.2 Å². The number of nitrogens with zero attached hydrogens (tertiary/aromatic N) is 4. The highest BCUT2D eigenvalue weighted by Crippen LogP contribution is 2.28. The number of rotatable bonds is 8. The van der Waals surface area contributed by atoms with Crippen LogP contribution in [0, 0.1) is 0 Å². The predicted octanol–water partition coefficient (Wildman–Crippen LogP) is 4.12. The second kappa shape index (κ2) is 10.7. The van der Waals surface area contributed by atoms with Crippen LogP contribution in [0.1, 0.15) is 12.0 Å². The number of hydrogen-bond acceptors (Lipinski definition) is 4. The molecule has 0 aliphatic rings. The second-order valence-electron chi connectivity index (χ2n) is 8.09. The zero-order valence-corrected chi connectivity index (χ0v) is 21.1. The number of benzene rings is 2. The van der Waals surface area contributed by atoms with E-state index in [0.717, 1.165) is 40.2 Å². The summed E-state index contributed by atoms with van der Waals surface area (Å²) in [5, 5.41) is 9.46. The summed E-state index contributed by atoms with van der Waals surface area (Å²) < 4.78 is 1.79. The molecule has 2 aromatic heterocycles. The van der Waals surface area contributed by atoms with Gasteiger partial charge >= 0.3 is 0 Å². The van der Waals surface area contributed by atoms with Crippen LogP contribution in [0.3, 0.4) is 0 Å². The lowest BCUT2D eigenvalue weighted by Crippen LogP contribution is -2.30. The van der Waals surface area contributed by atoms with Gasteiger partial charge in [0.05, 0.1) is 22.2 Å². The normalized spacial score (nSPS) is 11.1. The van der Waals surface area contributed by atoms with Crippen LogP contribution in [0.5, 0.6) is 0 Å². The molecule has 1 N–H and O–H groups in total. The summed E-state index contributed by atoms with van der Waals surface area (Å²) in [6.07, 6.45) is 2.83. The first kappa shape index (κ1) is 24.4. The topological polar surface area (TPSA) is 62.5 Å². The van der Waals surface area contributed by atoms with Crippen molar-refractivity contribution in [3.63, 3.8) is 0 Å². The molecule has 34 heavy (non-hydrogen) atoms. The molecule has 0 fully saturated rings. The molecule has 2 heterocycles. The van der Waals surface area contributed by atoms with E-state index in [-0.39, 0.29) is 12.3 Å². The van der Waals surface area contributed by atoms with Gasteiger partial charge in [-0.3, -0.25) is 4.79 Å². The first-order valence-electron chi connectivity index (χ1n) is 10.9. The predicted molar refractivity (Wildman–Crippen MR) is 143 cm³/mol. The van der Waals surface area contributed by atoms with Crippen molar-refractivity contribution in [3.8, 4) is 11.3 Å². The summed E-state index contributed by atoms with van der Waals surface area (Å²) in [7, 11) is 3.78. The molecule has 0 spiro atoms. The van der Waals surface area contributed by atoms with E-state index < -0.39 is 0 Å². The van der Waals surface area contributed by atoms with Crippen molar-refractivity contribution in [2.75, 3.05) is 25.5 Å². The fraction of sp³-hybridized carbons (Fsp3) is 0.208. The summed E-state index contributed by atoms with van der Waals surface area (Å²) in [6, 6.07) is 14.8. The van der Waals surface area contributed by atoms with Crippen molar-refractivity contribution in [2.24, 2.45) is 0 Å². The Kier molecular flexibility index (Phi) is 7.66. The Morgan fingerprint density at radius 3 is 2.65 bits per heavy atom. The van der Waals surface area contributed by atoms with E-state index in [1.54, 1.807) is 34.8 Å². The van der Waals surface area contributed by atoms with Gasteiger partial charge in [0, 0.05) is 43.0 Å². The highest BCUT2D eigenvalue weighted by atomic mass is 35.5. The number of anilines is 1. The second-order valence-corrected chi connectivity index (χ2v) is 9.31. The molecule has 10 heteroatoms. The highest BCUT2D eigenvalue weighted by Gasteiger charge is 2.13. The van der Waals surface area contributed by atoms with Gasteiger partial charge in [0.1, 0.15) is 13.7 Å². The number of amides is 1. The highest BCUT2D eigenvalue weighted by molar-refractivity contribution is 6.42. The zero-order chi connectivity index (χ0) is 24.2. The Morgan fingerprint density at radius 2 is 1.88 bits per heavy atom. The van der Waals surface area contributed by atoms with Crippen LogP contribution in [0.25, 0.3) is 16.9 Å². The molecular weight excluding hydrogens is 491 g/mol. The van der Waals surface area contributed by atoms with Crippen LogP contribution in [0.2, 0.25) is 15.1 Å². The smallest absolute Gasteiger partial charge is 0.226 e. The summed E-state index contributed by atoms with van der Waals surface area (Å²) >= 11 is 18.4. The fourth-order valence-corrected chi connectivity index (χ4v) is 4.18. The first-order chi connectivity index (χ1) is 16.3. The van der Waals surface area contributed by atoms with Gasteiger partial charge in [-0.05, 0) is 35.6 Å². The maximum Gasteiger partial charge on any atom is 0.226 e. The van der Waals surface area contributed by atoms with E-state index >= 15 is 0 Å².